The first-order valence-electron chi connectivity index (χ1n) is 7.94. The number of hydrogen-bond acceptors (Lipinski definition) is 7. The highest BCUT2D eigenvalue weighted by Gasteiger charge is 2.37. The van der Waals surface area contributed by atoms with Crippen molar-refractivity contribution in [2.75, 3.05) is 13.2 Å². The van der Waals surface area contributed by atoms with Gasteiger partial charge in [-0.1, -0.05) is 0 Å². The molecule has 0 unspecified atom stereocenters. The highest BCUT2D eigenvalue weighted by molar-refractivity contribution is 6.30. The lowest BCUT2D eigenvalue weighted by Gasteiger charge is -2.27. The third-order valence-electron chi connectivity index (χ3n) is 3.46. The Bertz CT molecular complexity index is 657. The van der Waals surface area contributed by atoms with Gasteiger partial charge in [0.1, 0.15) is 25.2 Å². The molecule has 1 aliphatic rings. The van der Waals surface area contributed by atoms with Gasteiger partial charge in [-0.15, -0.1) is 0 Å². The molecule has 2 radical (unpaired) electrons. The lowest BCUT2D eigenvalue weighted by molar-refractivity contribution is -0.147. The molecular formula is C16H20BN3O5. The quantitative estimate of drug-likeness (QED) is 0.442. The minimum absolute atomic E-state index is 0.0532. The van der Waals surface area contributed by atoms with Crippen LogP contribution in [0, 0.1) is 0 Å². The minimum atomic E-state index is -0.750. The number of aromatic nitrogens is 2. The maximum Gasteiger partial charge on any atom is 0.411 e. The van der Waals surface area contributed by atoms with E-state index in [0.717, 1.165) is 0 Å². The summed E-state index contributed by atoms with van der Waals surface area (Å²) >= 11 is 0. The SMILES string of the molecule is [B]c1cnc(C(=O)COC(=O)[C@@H]2CCCN2C(=O)OC(C)(C)C)cn1. The fourth-order valence-electron chi connectivity index (χ4n) is 2.34. The normalized spacial score (nSPS) is 17.2. The number of ether oxygens (including phenoxy) is 2. The molecule has 25 heavy (non-hydrogen) atoms. The summed E-state index contributed by atoms with van der Waals surface area (Å²) in [5.74, 6) is -1.14. The van der Waals surface area contributed by atoms with Gasteiger partial charge >= 0.3 is 12.1 Å². The number of ketones is 1. The van der Waals surface area contributed by atoms with Crippen LogP contribution >= 0.6 is 0 Å². The van der Waals surface area contributed by atoms with E-state index in [2.05, 4.69) is 9.97 Å². The Kier molecular flexibility index (Phi) is 5.76. The number of esters is 1. The van der Waals surface area contributed by atoms with Gasteiger partial charge in [-0.2, -0.15) is 0 Å². The van der Waals surface area contributed by atoms with Gasteiger partial charge < -0.3 is 9.47 Å². The van der Waals surface area contributed by atoms with Crippen LogP contribution in [0.25, 0.3) is 0 Å². The van der Waals surface area contributed by atoms with Crippen molar-refractivity contribution in [3.8, 4) is 0 Å². The molecule has 1 aromatic heterocycles. The zero-order valence-corrected chi connectivity index (χ0v) is 14.5. The Balaban J connectivity index is 1.92. The van der Waals surface area contributed by atoms with Gasteiger partial charge in [-0.25, -0.2) is 9.59 Å². The average molecular weight is 345 g/mol. The van der Waals surface area contributed by atoms with Gasteiger partial charge in [-0.3, -0.25) is 19.7 Å². The number of carbonyl (C=O) groups is 3. The topological polar surface area (TPSA) is 98.7 Å². The van der Waals surface area contributed by atoms with Crippen LogP contribution in [0.15, 0.2) is 12.4 Å². The summed E-state index contributed by atoms with van der Waals surface area (Å²) in [6, 6.07) is -0.750. The van der Waals surface area contributed by atoms with Gasteiger partial charge in [-0.05, 0) is 33.6 Å². The van der Waals surface area contributed by atoms with Crippen molar-refractivity contribution in [3.63, 3.8) is 0 Å². The maximum atomic E-state index is 12.2. The van der Waals surface area contributed by atoms with Crippen LogP contribution in [-0.2, 0) is 14.3 Å². The molecule has 8 nitrogen and oxygen atoms in total. The van der Waals surface area contributed by atoms with Crippen LogP contribution in [0.5, 0.6) is 0 Å². The smallest absolute Gasteiger partial charge is 0.411 e. The van der Waals surface area contributed by atoms with Crippen molar-refractivity contribution in [2.45, 2.75) is 45.3 Å². The van der Waals surface area contributed by atoms with Crippen LogP contribution in [-0.4, -0.2) is 65.4 Å². The highest BCUT2D eigenvalue weighted by Crippen LogP contribution is 2.21. The van der Waals surface area contributed by atoms with Crippen LogP contribution in [0.1, 0.15) is 44.1 Å². The van der Waals surface area contributed by atoms with Crippen molar-refractivity contribution in [1.82, 2.24) is 14.9 Å². The second-order valence-electron chi connectivity index (χ2n) is 6.69. The Labute approximate surface area is 147 Å². The molecule has 2 rings (SSSR count). The van der Waals surface area contributed by atoms with Crippen molar-refractivity contribution in [3.05, 3.63) is 18.1 Å². The van der Waals surface area contributed by atoms with Crippen molar-refractivity contribution < 1.29 is 23.9 Å². The second-order valence-corrected chi connectivity index (χ2v) is 6.69. The zero-order chi connectivity index (χ0) is 18.6. The standard InChI is InChI=1S/C16H20BN3O5/c1-16(2,3)25-15(23)20-6-4-5-11(20)14(22)24-9-12(21)10-7-19-13(17)8-18-10/h7-8,11H,4-6,9H2,1-3H3/t11-/m0/s1. The molecule has 0 bridgehead atoms. The van der Waals surface area contributed by atoms with Crippen molar-refractivity contribution >= 4 is 31.3 Å². The fraction of sp³-hybridized carbons (Fsp3) is 0.562. The molecule has 1 saturated heterocycles. The summed E-state index contributed by atoms with van der Waals surface area (Å²) in [5, 5.41) is 0. The number of amides is 1. The lowest BCUT2D eigenvalue weighted by Crippen LogP contribution is -2.44. The van der Waals surface area contributed by atoms with Crippen LogP contribution in [0.3, 0.4) is 0 Å². The van der Waals surface area contributed by atoms with Gasteiger partial charge in [0.25, 0.3) is 0 Å². The zero-order valence-electron chi connectivity index (χ0n) is 14.5. The van der Waals surface area contributed by atoms with Gasteiger partial charge in [0.05, 0.1) is 6.20 Å². The minimum Gasteiger partial charge on any atom is -0.456 e. The van der Waals surface area contributed by atoms with Gasteiger partial charge in [0.15, 0.2) is 6.61 Å². The predicted molar refractivity (Wildman–Crippen MR) is 88.7 cm³/mol. The van der Waals surface area contributed by atoms with E-state index >= 15 is 0 Å². The van der Waals surface area contributed by atoms with Crippen LogP contribution in [0.2, 0.25) is 0 Å². The molecule has 0 aromatic carbocycles. The second kappa shape index (κ2) is 7.63. The molecule has 1 amide bonds. The first-order valence-corrected chi connectivity index (χ1v) is 7.94. The first kappa shape index (κ1) is 18.9. The number of carbonyl (C=O) groups excluding carboxylic acids is 3. The molecule has 132 valence electrons. The molecule has 1 fully saturated rings. The summed E-state index contributed by atoms with van der Waals surface area (Å²) < 4.78 is 10.3. The third-order valence-corrected chi connectivity index (χ3v) is 3.46. The molecule has 1 atom stereocenters. The summed E-state index contributed by atoms with van der Waals surface area (Å²) in [6.45, 7) is 5.18. The van der Waals surface area contributed by atoms with Crippen molar-refractivity contribution in [1.29, 1.82) is 0 Å². The van der Waals surface area contributed by atoms with E-state index in [1.54, 1.807) is 20.8 Å². The Morgan fingerprint density at radius 1 is 1.28 bits per heavy atom. The number of hydrogen-bond donors (Lipinski definition) is 0. The lowest BCUT2D eigenvalue weighted by atomic mass is 10.1. The summed E-state index contributed by atoms with van der Waals surface area (Å²) in [7, 11) is 5.40. The molecule has 2 heterocycles. The number of rotatable bonds is 4. The van der Waals surface area contributed by atoms with E-state index in [9.17, 15) is 14.4 Å². The summed E-state index contributed by atoms with van der Waals surface area (Å²) in [4.78, 5) is 45.3. The molecule has 1 aliphatic heterocycles. The van der Waals surface area contributed by atoms with E-state index < -0.39 is 36.1 Å². The highest BCUT2D eigenvalue weighted by atomic mass is 16.6. The summed E-state index contributed by atoms with van der Waals surface area (Å²) in [6.07, 6.45) is 3.02. The fourth-order valence-corrected chi connectivity index (χ4v) is 2.34. The molecule has 0 saturated carbocycles. The number of nitrogens with zero attached hydrogens (tertiary/aromatic N) is 3. The van der Waals surface area contributed by atoms with E-state index in [4.69, 9.17) is 17.3 Å². The summed E-state index contributed by atoms with van der Waals surface area (Å²) in [5.41, 5.74) is -0.414. The number of Topliss-reactive ketones (excluding diaryl/α,β-unsaturated/α-hetero) is 1. The average Bonchev–Trinajstić information content (AvgIpc) is 3.01. The van der Waals surface area contributed by atoms with E-state index in [0.29, 0.717) is 19.4 Å². The predicted octanol–water partition coefficient (Wildman–Crippen LogP) is 0.396. The first-order chi connectivity index (χ1) is 11.7. The largest absolute Gasteiger partial charge is 0.456 e. The Hall–Kier alpha value is -2.45. The molecule has 1 aromatic rings. The Morgan fingerprint density at radius 2 is 2.00 bits per heavy atom. The Morgan fingerprint density at radius 3 is 2.60 bits per heavy atom. The van der Waals surface area contributed by atoms with E-state index in [1.165, 1.54) is 17.3 Å². The van der Waals surface area contributed by atoms with Crippen LogP contribution < -0.4 is 5.59 Å². The maximum absolute atomic E-state index is 12.2. The third kappa shape index (κ3) is 5.27. The van der Waals surface area contributed by atoms with Gasteiger partial charge in [0, 0.05) is 18.3 Å². The number of likely N-dealkylation sites (tertiary alicyclic amines) is 1. The van der Waals surface area contributed by atoms with Gasteiger partial charge in [0.2, 0.25) is 5.78 Å². The van der Waals surface area contributed by atoms with E-state index in [-0.39, 0.29) is 11.3 Å². The molecule has 0 N–H and O–H groups in total. The van der Waals surface area contributed by atoms with Crippen LogP contribution in [0.4, 0.5) is 4.79 Å². The molecule has 9 heteroatoms. The monoisotopic (exact) mass is 345 g/mol. The van der Waals surface area contributed by atoms with Crippen molar-refractivity contribution in [2.24, 2.45) is 0 Å². The van der Waals surface area contributed by atoms with E-state index in [1.807, 2.05) is 0 Å². The molecule has 0 aliphatic carbocycles. The molecular weight excluding hydrogens is 325 g/mol. The molecule has 0 spiro atoms.